The summed E-state index contributed by atoms with van der Waals surface area (Å²) in [6, 6.07) is 3.21. The first-order chi connectivity index (χ1) is 6.81. The largest absolute Gasteiger partial charge is 0.289 e. The van der Waals surface area contributed by atoms with Crippen molar-refractivity contribution in [3.63, 3.8) is 0 Å². The molecule has 0 aliphatic carbocycles. The van der Waals surface area contributed by atoms with Crippen LogP contribution >= 0.6 is 0 Å². The fourth-order valence-corrected chi connectivity index (χ4v) is 7.78. The summed E-state index contributed by atoms with van der Waals surface area (Å²) < 4.78 is 5.01. The summed E-state index contributed by atoms with van der Waals surface area (Å²) in [7, 11) is -1.90. The summed E-state index contributed by atoms with van der Waals surface area (Å²) in [4.78, 5) is 0. The molecule has 0 heterocycles. The molecule has 0 aromatic rings. The van der Waals surface area contributed by atoms with Crippen molar-refractivity contribution in [1.29, 1.82) is 0 Å². The smallest absolute Gasteiger partial charge is 0.239 e. The molecular formula is C12H28O2Si. The maximum Gasteiger partial charge on any atom is 0.239 e. The Morgan fingerprint density at radius 3 is 1.20 bits per heavy atom. The van der Waals surface area contributed by atoms with Gasteiger partial charge in [0, 0.05) is 0 Å². The molecular weight excluding hydrogens is 204 g/mol. The summed E-state index contributed by atoms with van der Waals surface area (Å²) in [6.07, 6.45) is 0. The molecule has 0 saturated carbocycles. The molecule has 0 spiro atoms. The first kappa shape index (κ1) is 15.1. The average molecular weight is 232 g/mol. The molecule has 0 aromatic heterocycles. The molecule has 0 aromatic carbocycles. The number of hydrogen-bond donors (Lipinski definition) is 1. The molecule has 0 aliphatic rings. The normalized spacial score (nSPS) is 13.2. The molecule has 0 rings (SSSR count). The molecule has 0 unspecified atom stereocenters. The summed E-state index contributed by atoms with van der Waals surface area (Å²) in [6.45, 7) is 13.3. The molecule has 0 radical (unpaired) electrons. The van der Waals surface area contributed by atoms with Crippen LogP contribution < -0.4 is 0 Å². The van der Waals surface area contributed by atoms with Gasteiger partial charge in [-0.25, -0.2) is 0 Å². The van der Waals surface area contributed by atoms with Crippen LogP contribution in [0.25, 0.3) is 0 Å². The summed E-state index contributed by atoms with van der Waals surface area (Å²) in [5.74, 6) is 1.84. The van der Waals surface area contributed by atoms with Crippen molar-refractivity contribution in [3.8, 4) is 0 Å². The van der Waals surface area contributed by atoms with Gasteiger partial charge >= 0.3 is 0 Å². The van der Waals surface area contributed by atoms with E-state index in [9.17, 15) is 5.26 Å². The Balaban J connectivity index is 4.59. The molecule has 0 fully saturated rings. The van der Waals surface area contributed by atoms with Crippen LogP contribution in [0.4, 0.5) is 0 Å². The summed E-state index contributed by atoms with van der Waals surface area (Å²) in [5, 5.41) is 9.28. The Hall–Kier alpha value is 0.137. The third-order valence-electron chi connectivity index (χ3n) is 2.53. The molecule has 3 heteroatoms. The van der Waals surface area contributed by atoms with Gasteiger partial charge in [-0.15, -0.1) is 0 Å². The van der Waals surface area contributed by atoms with Gasteiger partial charge in [-0.05, 0) is 35.9 Å². The van der Waals surface area contributed by atoms with E-state index in [1.165, 1.54) is 0 Å². The fraction of sp³-hybridized carbons (Fsp3) is 1.00. The first-order valence-corrected chi connectivity index (χ1v) is 8.67. The SMILES string of the molecule is CC(C)C[Si](CC(C)C)(CC(C)C)OO. The van der Waals surface area contributed by atoms with Crippen molar-refractivity contribution >= 4 is 8.32 Å². The van der Waals surface area contributed by atoms with Gasteiger partial charge in [0.1, 0.15) is 0 Å². The lowest BCUT2D eigenvalue weighted by Gasteiger charge is -2.32. The second-order valence-electron chi connectivity index (χ2n) is 6.07. The summed E-state index contributed by atoms with van der Waals surface area (Å²) >= 11 is 0. The van der Waals surface area contributed by atoms with Gasteiger partial charge in [0.05, 0.1) is 0 Å². The zero-order valence-corrected chi connectivity index (χ0v) is 12.2. The van der Waals surface area contributed by atoms with E-state index in [1.807, 2.05) is 0 Å². The summed E-state index contributed by atoms with van der Waals surface area (Å²) in [5.41, 5.74) is 0. The van der Waals surface area contributed by atoms with E-state index in [0.29, 0.717) is 17.8 Å². The van der Waals surface area contributed by atoms with E-state index in [2.05, 4.69) is 41.5 Å². The van der Waals surface area contributed by atoms with Crippen LogP contribution in [-0.4, -0.2) is 13.6 Å². The zero-order chi connectivity index (χ0) is 12.1. The van der Waals surface area contributed by atoms with Gasteiger partial charge in [-0.2, -0.15) is 0 Å². The molecule has 92 valence electrons. The third-order valence-corrected chi connectivity index (χ3v) is 7.60. The highest BCUT2D eigenvalue weighted by Gasteiger charge is 2.38. The van der Waals surface area contributed by atoms with Gasteiger partial charge in [0.15, 0.2) is 0 Å². The average Bonchev–Trinajstić information content (AvgIpc) is 1.99. The van der Waals surface area contributed by atoms with Crippen LogP contribution in [-0.2, 0) is 4.58 Å². The molecule has 1 N–H and O–H groups in total. The van der Waals surface area contributed by atoms with Gasteiger partial charge < -0.3 is 0 Å². The zero-order valence-electron chi connectivity index (χ0n) is 11.2. The second kappa shape index (κ2) is 6.66. The molecule has 15 heavy (non-hydrogen) atoms. The van der Waals surface area contributed by atoms with Crippen LogP contribution in [0.1, 0.15) is 41.5 Å². The topological polar surface area (TPSA) is 29.5 Å². The lowest BCUT2D eigenvalue weighted by Crippen LogP contribution is -2.41. The van der Waals surface area contributed by atoms with Crippen molar-refractivity contribution in [3.05, 3.63) is 0 Å². The van der Waals surface area contributed by atoms with Gasteiger partial charge in [0.2, 0.25) is 8.32 Å². The lowest BCUT2D eigenvalue weighted by molar-refractivity contribution is -0.154. The quantitative estimate of drug-likeness (QED) is 0.401. The predicted octanol–water partition coefficient (Wildman–Crippen LogP) is 4.39. The van der Waals surface area contributed by atoms with E-state index in [0.717, 1.165) is 18.1 Å². The predicted molar refractivity (Wildman–Crippen MR) is 68.4 cm³/mol. The van der Waals surface area contributed by atoms with Crippen LogP contribution in [0, 0.1) is 17.8 Å². The highest BCUT2D eigenvalue weighted by atomic mass is 28.4. The standard InChI is InChI=1S/C12H28O2Si/c1-10(2)7-15(14-13,8-11(3)4)9-12(5)6/h10-13H,7-9H2,1-6H3. The van der Waals surface area contributed by atoms with Crippen LogP contribution in [0.3, 0.4) is 0 Å². The Morgan fingerprint density at radius 2 is 1.07 bits per heavy atom. The van der Waals surface area contributed by atoms with Crippen LogP contribution in [0.5, 0.6) is 0 Å². The van der Waals surface area contributed by atoms with Crippen molar-refractivity contribution in [2.24, 2.45) is 17.8 Å². The van der Waals surface area contributed by atoms with E-state index >= 15 is 0 Å². The Morgan fingerprint density at radius 1 is 0.800 bits per heavy atom. The van der Waals surface area contributed by atoms with Crippen LogP contribution in [0.2, 0.25) is 18.1 Å². The number of rotatable bonds is 7. The van der Waals surface area contributed by atoms with E-state index in [4.69, 9.17) is 4.58 Å². The lowest BCUT2D eigenvalue weighted by atomic mass is 10.3. The fourth-order valence-electron chi connectivity index (χ4n) is 2.59. The Kier molecular flexibility index (Phi) is 6.72. The van der Waals surface area contributed by atoms with E-state index < -0.39 is 8.32 Å². The third kappa shape index (κ3) is 6.33. The molecule has 0 bridgehead atoms. The first-order valence-electron chi connectivity index (χ1n) is 6.14. The van der Waals surface area contributed by atoms with Gasteiger partial charge in [-0.1, -0.05) is 41.5 Å². The minimum atomic E-state index is -1.90. The maximum atomic E-state index is 9.28. The maximum absolute atomic E-state index is 9.28. The van der Waals surface area contributed by atoms with Crippen molar-refractivity contribution < 1.29 is 9.83 Å². The van der Waals surface area contributed by atoms with Crippen LogP contribution in [0.15, 0.2) is 0 Å². The Bertz CT molecular complexity index is 140. The van der Waals surface area contributed by atoms with E-state index in [-0.39, 0.29) is 0 Å². The molecule has 0 amide bonds. The molecule has 2 nitrogen and oxygen atoms in total. The minimum Gasteiger partial charge on any atom is -0.289 e. The highest BCUT2D eigenvalue weighted by Crippen LogP contribution is 2.32. The minimum absolute atomic E-state index is 0.612. The van der Waals surface area contributed by atoms with Crippen molar-refractivity contribution in [2.75, 3.05) is 0 Å². The molecule has 0 atom stereocenters. The second-order valence-corrected chi connectivity index (χ2v) is 9.84. The van der Waals surface area contributed by atoms with E-state index in [1.54, 1.807) is 0 Å². The monoisotopic (exact) mass is 232 g/mol. The van der Waals surface area contributed by atoms with Crippen molar-refractivity contribution in [2.45, 2.75) is 59.7 Å². The molecule has 0 aliphatic heterocycles. The van der Waals surface area contributed by atoms with Gasteiger partial charge in [-0.3, -0.25) is 9.83 Å². The Labute approximate surface area is 96.1 Å². The number of hydrogen-bond acceptors (Lipinski definition) is 2. The molecule has 0 saturated heterocycles. The van der Waals surface area contributed by atoms with Gasteiger partial charge in [0.25, 0.3) is 0 Å². The highest BCUT2D eigenvalue weighted by molar-refractivity contribution is 6.73. The van der Waals surface area contributed by atoms with Crippen molar-refractivity contribution in [1.82, 2.24) is 0 Å².